The number of nitro groups is 1. The Morgan fingerprint density at radius 2 is 1.70 bits per heavy atom. The van der Waals surface area contributed by atoms with Crippen LogP contribution in [0, 0.1) is 17.0 Å². The Morgan fingerprint density at radius 1 is 1.00 bits per heavy atom. The normalized spacial score (nSPS) is 10.5. The smallest absolute Gasteiger partial charge is 0.269 e. The summed E-state index contributed by atoms with van der Waals surface area (Å²) in [6.45, 7) is 5.22. The van der Waals surface area contributed by atoms with Crippen molar-refractivity contribution in [2.24, 2.45) is 0 Å². The number of hydrogen-bond donors (Lipinski definition) is 1. The molecule has 3 rings (SSSR count). The van der Waals surface area contributed by atoms with Gasteiger partial charge in [0.25, 0.3) is 5.69 Å². The molecule has 3 aromatic carbocycles. The summed E-state index contributed by atoms with van der Waals surface area (Å²) >= 11 is 6.48. The zero-order valence-corrected chi connectivity index (χ0v) is 17.6. The van der Waals surface area contributed by atoms with Crippen molar-refractivity contribution in [3.63, 3.8) is 0 Å². The Kier molecular flexibility index (Phi) is 7.14. The molecule has 0 saturated heterocycles. The molecule has 0 radical (unpaired) electrons. The molecule has 0 saturated carbocycles. The van der Waals surface area contributed by atoms with E-state index in [2.05, 4.69) is 17.4 Å². The lowest BCUT2D eigenvalue weighted by molar-refractivity contribution is -0.384. The van der Waals surface area contributed by atoms with Gasteiger partial charge in [0, 0.05) is 24.4 Å². The molecule has 0 spiro atoms. The first-order chi connectivity index (χ1) is 14.5. The van der Waals surface area contributed by atoms with E-state index in [-0.39, 0.29) is 12.3 Å². The highest BCUT2D eigenvalue weighted by molar-refractivity contribution is 6.32. The van der Waals surface area contributed by atoms with Crippen molar-refractivity contribution in [1.82, 2.24) is 0 Å². The van der Waals surface area contributed by atoms with Gasteiger partial charge >= 0.3 is 0 Å². The third-order valence-corrected chi connectivity index (χ3v) is 4.73. The fourth-order valence-electron chi connectivity index (χ4n) is 2.87. The SMILES string of the molecule is CCOc1cc(CNc2ccc(C)cc2)cc(Cl)c1OCc1ccc([N+](=O)[O-])cc1. The summed E-state index contributed by atoms with van der Waals surface area (Å²) in [5.41, 5.74) is 4.03. The molecule has 0 atom stereocenters. The van der Waals surface area contributed by atoms with Crippen LogP contribution in [-0.4, -0.2) is 11.5 Å². The Balaban J connectivity index is 1.72. The number of hydrogen-bond acceptors (Lipinski definition) is 5. The van der Waals surface area contributed by atoms with E-state index >= 15 is 0 Å². The lowest BCUT2D eigenvalue weighted by Gasteiger charge is -2.16. The summed E-state index contributed by atoms with van der Waals surface area (Å²) in [5.74, 6) is 1.02. The maximum Gasteiger partial charge on any atom is 0.269 e. The molecule has 0 fully saturated rings. The monoisotopic (exact) mass is 426 g/mol. The second kappa shape index (κ2) is 9.98. The summed E-state index contributed by atoms with van der Waals surface area (Å²) in [6, 6.07) is 18.1. The van der Waals surface area contributed by atoms with Crippen LogP contribution >= 0.6 is 11.6 Å². The minimum atomic E-state index is -0.432. The fourth-order valence-corrected chi connectivity index (χ4v) is 3.16. The van der Waals surface area contributed by atoms with Gasteiger partial charge in [-0.1, -0.05) is 29.3 Å². The van der Waals surface area contributed by atoms with Gasteiger partial charge in [0.1, 0.15) is 6.61 Å². The number of anilines is 1. The summed E-state index contributed by atoms with van der Waals surface area (Å²) in [4.78, 5) is 10.3. The van der Waals surface area contributed by atoms with Gasteiger partial charge in [-0.2, -0.15) is 0 Å². The number of halogens is 1. The Hall–Kier alpha value is -3.25. The maximum absolute atomic E-state index is 10.8. The largest absolute Gasteiger partial charge is 0.490 e. The van der Waals surface area contributed by atoms with E-state index in [9.17, 15) is 10.1 Å². The summed E-state index contributed by atoms with van der Waals surface area (Å²) in [7, 11) is 0. The Labute approximate surface area is 180 Å². The van der Waals surface area contributed by atoms with Crippen LogP contribution in [0.1, 0.15) is 23.6 Å². The minimum Gasteiger partial charge on any atom is -0.490 e. The van der Waals surface area contributed by atoms with E-state index < -0.39 is 4.92 Å². The van der Waals surface area contributed by atoms with Crippen molar-refractivity contribution < 1.29 is 14.4 Å². The van der Waals surface area contributed by atoms with E-state index in [1.807, 2.05) is 38.1 Å². The zero-order valence-electron chi connectivity index (χ0n) is 16.9. The van der Waals surface area contributed by atoms with Gasteiger partial charge in [-0.3, -0.25) is 10.1 Å². The van der Waals surface area contributed by atoms with Crippen LogP contribution in [0.3, 0.4) is 0 Å². The van der Waals surface area contributed by atoms with Gasteiger partial charge in [0.2, 0.25) is 0 Å². The molecule has 0 aliphatic carbocycles. The van der Waals surface area contributed by atoms with E-state index in [0.717, 1.165) is 16.8 Å². The third-order valence-electron chi connectivity index (χ3n) is 4.45. The van der Waals surface area contributed by atoms with Crippen molar-refractivity contribution in [3.8, 4) is 11.5 Å². The van der Waals surface area contributed by atoms with Crippen LogP contribution in [0.15, 0.2) is 60.7 Å². The molecule has 0 aliphatic rings. The quantitative estimate of drug-likeness (QED) is 0.328. The first-order valence-corrected chi connectivity index (χ1v) is 9.96. The van der Waals surface area contributed by atoms with Crippen LogP contribution in [0.4, 0.5) is 11.4 Å². The Morgan fingerprint density at radius 3 is 2.33 bits per heavy atom. The lowest BCUT2D eigenvalue weighted by atomic mass is 10.1. The lowest BCUT2D eigenvalue weighted by Crippen LogP contribution is -2.04. The van der Waals surface area contributed by atoms with Crippen molar-refractivity contribution in [3.05, 3.63) is 92.5 Å². The molecule has 0 bridgehead atoms. The molecular weight excluding hydrogens is 404 g/mol. The number of non-ortho nitro benzene ring substituents is 1. The number of rotatable bonds is 9. The van der Waals surface area contributed by atoms with Gasteiger partial charge in [-0.25, -0.2) is 0 Å². The van der Waals surface area contributed by atoms with E-state index in [1.165, 1.54) is 17.7 Å². The molecule has 30 heavy (non-hydrogen) atoms. The highest BCUT2D eigenvalue weighted by Gasteiger charge is 2.14. The molecular formula is C23H23ClN2O4. The Bertz CT molecular complexity index is 1000. The molecule has 0 aliphatic heterocycles. The van der Waals surface area contributed by atoms with Crippen LogP contribution in [-0.2, 0) is 13.2 Å². The molecule has 3 aromatic rings. The van der Waals surface area contributed by atoms with Gasteiger partial charge in [-0.05, 0) is 61.4 Å². The van der Waals surface area contributed by atoms with E-state index in [1.54, 1.807) is 12.1 Å². The predicted molar refractivity (Wildman–Crippen MR) is 119 cm³/mol. The van der Waals surface area contributed by atoms with Crippen LogP contribution < -0.4 is 14.8 Å². The molecule has 7 heteroatoms. The topological polar surface area (TPSA) is 73.6 Å². The first-order valence-electron chi connectivity index (χ1n) is 9.58. The summed E-state index contributed by atoms with van der Waals surface area (Å²) < 4.78 is 11.6. The average Bonchev–Trinajstić information content (AvgIpc) is 2.73. The van der Waals surface area contributed by atoms with Crippen molar-refractivity contribution >= 4 is 23.0 Å². The average molecular weight is 427 g/mol. The molecule has 0 amide bonds. The molecule has 6 nitrogen and oxygen atoms in total. The predicted octanol–water partition coefficient (Wildman–Crippen LogP) is 6.15. The highest BCUT2D eigenvalue weighted by atomic mass is 35.5. The van der Waals surface area contributed by atoms with Crippen LogP contribution in [0.5, 0.6) is 11.5 Å². The number of aryl methyl sites for hydroxylation is 1. The molecule has 1 N–H and O–H groups in total. The zero-order chi connectivity index (χ0) is 21.5. The van der Waals surface area contributed by atoms with Gasteiger partial charge in [-0.15, -0.1) is 0 Å². The van der Waals surface area contributed by atoms with Crippen molar-refractivity contribution in [2.45, 2.75) is 27.0 Å². The highest BCUT2D eigenvalue weighted by Crippen LogP contribution is 2.37. The van der Waals surface area contributed by atoms with Gasteiger partial charge < -0.3 is 14.8 Å². The van der Waals surface area contributed by atoms with Crippen molar-refractivity contribution in [1.29, 1.82) is 0 Å². The molecule has 0 aromatic heterocycles. The number of nitrogens with one attached hydrogen (secondary N) is 1. The fraction of sp³-hybridized carbons (Fsp3) is 0.217. The minimum absolute atomic E-state index is 0.0391. The summed E-state index contributed by atoms with van der Waals surface area (Å²) in [5, 5.41) is 14.6. The second-order valence-electron chi connectivity index (χ2n) is 6.77. The number of benzene rings is 3. The molecule has 0 unspecified atom stereocenters. The van der Waals surface area contributed by atoms with E-state index in [0.29, 0.717) is 29.7 Å². The standard InChI is InChI=1S/C23H23ClN2O4/c1-3-29-22-13-18(14-25-19-8-4-16(2)5-9-19)12-21(24)23(22)30-15-17-6-10-20(11-7-17)26(27)28/h4-13,25H,3,14-15H2,1-2H3. The number of nitro benzene ring substituents is 1. The number of nitrogens with zero attached hydrogens (tertiary/aromatic N) is 1. The third kappa shape index (κ3) is 5.64. The van der Waals surface area contributed by atoms with Crippen LogP contribution in [0.2, 0.25) is 5.02 Å². The van der Waals surface area contributed by atoms with Crippen molar-refractivity contribution in [2.75, 3.05) is 11.9 Å². The number of ether oxygens (including phenoxy) is 2. The van der Waals surface area contributed by atoms with Crippen LogP contribution in [0.25, 0.3) is 0 Å². The first kappa shape index (κ1) is 21.5. The maximum atomic E-state index is 10.8. The van der Waals surface area contributed by atoms with Gasteiger partial charge in [0.15, 0.2) is 11.5 Å². The molecule has 156 valence electrons. The van der Waals surface area contributed by atoms with Gasteiger partial charge in [0.05, 0.1) is 16.6 Å². The molecule has 0 heterocycles. The summed E-state index contributed by atoms with van der Waals surface area (Å²) in [6.07, 6.45) is 0. The van der Waals surface area contributed by atoms with E-state index in [4.69, 9.17) is 21.1 Å². The second-order valence-corrected chi connectivity index (χ2v) is 7.18.